The Morgan fingerprint density at radius 3 is 2.29 bits per heavy atom. The van der Waals surface area contributed by atoms with E-state index in [9.17, 15) is 0 Å². The van der Waals surface area contributed by atoms with Crippen LogP contribution < -0.4 is 0 Å². The molecule has 0 bridgehead atoms. The molecule has 0 aliphatic rings. The quantitative estimate of drug-likeness (QED) is 0.583. The lowest BCUT2D eigenvalue weighted by atomic mass is 10.1. The lowest BCUT2D eigenvalue weighted by Crippen LogP contribution is -2.22. The van der Waals surface area contributed by atoms with Gasteiger partial charge in [-0.2, -0.15) is 5.26 Å². The van der Waals surface area contributed by atoms with Crippen LogP contribution in [-0.2, 0) is 8.85 Å². The highest BCUT2D eigenvalue weighted by Crippen LogP contribution is 2.10. The molecule has 0 saturated carbocycles. The third-order valence-electron chi connectivity index (χ3n) is 2.00. The molecule has 0 aliphatic heterocycles. The third-order valence-corrected chi connectivity index (χ3v) is 4.29. The molecule has 0 aromatic carbocycles. The Balaban J connectivity index is 3.55. The molecule has 14 heavy (non-hydrogen) atoms. The van der Waals surface area contributed by atoms with Gasteiger partial charge in [0.15, 0.2) is 0 Å². The van der Waals surface area contributed by atoms with Crippen molar-refractivity contribution in [1.82, 2.24) is 0 Å². The topological polar surface area (TPSA) is 42.2 Å². The second-order valence-corrected chi connectivity index (χ2v) is 5.40. The van der Waals surface area contributed by atoms with E-state index in [1.807, 2.05) is 20.8 Å². The number of rotatable bonds is 8. The van der Waals surface area contributed by atoms with E-state index in [-0.39, 0.29) is 5.92 Å². The fourth-order valence-electron chi connectivity index (χ4n) is 1.24. The molecule has 0 rings (SSSR count). The van der Waals surface area contributed by atoms with Crippen molar-refractivity contribution in [2.75, 3.05) is 13.2 Å². The number of nitrogens with zero attached hydrogens (tertiary/aromatic N) is 1. The van der Waals surface area contributed by atoms with Gasteiger partial charge in [-0.15, -0.1) is 0 Å². The number of hydrogen-bond acceptors (Lipinski definition) is 3. The van der Waals surface area contributed by atoms with Gasteiger partial charge in [0.1, 0.15) is 0 Å². The first-order valence-corrected chi connectivity index (χ1v) is 7.13. The monoisotopic (exact) mass is 215 g/mol. The Bertz CT molecular complexity index is 164. The zero-order valence-corrected chi connectivity index (χ0v) is 10.6. The predicted molar refractivity (Wildman–Crippen MR) is 59.2 cm³/mol. The zero-order chi connectivity index (χ0) is 10.8. The summed E-state index contributed by atoms with van der Waals surface area (Å²) in [5.41, 5.74) is 0. The maximum atomic E-state index is 8.61. The predicted octanol–water partition coefficient (Wildman–Crippen LogP) is 2.22. The van der Waals surface area contributed by atoms with Gasteiger partial charge in [0, 0.05) is 19.1 Å². The minimum Gasteiger partial charge on any atom is -0.397 e. The van der Waals surface area contributed by atoms with Crippen LogP contribution in [0.4, 0.5) is 0 Å². The fraction of sp³-hybridized carbons (Fsp3) is 0.900. The van der Waals surface area contributed by atoms with E-state index < -0.39 is 9.28 Å². The van der Waals surface area contributed by atoms with Gasteiger partial charge in [-0.25, -0.2) is 0 Å². The highest BCUT2D eigenvalue weighted by atomic mass is 28.3. The van der Waals surface area contributed by atoms with Crippen molar-refractivity contribution >= 4 is 9.28 Å². The maximum Gasteiger partial charge on any atom is 0.321 e. The van der Waals surface area contributed by atoms with Gasteiger partial charge in [-0.05, 0) is 33.2 Å². The molecule has 3 nitrogen and oxygen atoms in total. The Labute approximate surface area is 88.9 Å². The summed E-state index contributed by atoms with van der Waals surface area (Å²) in [5, 5.41) is 8.61. The van der Waals surface area contributed by atoms with Crippen LogP contribution in [0.5, 0.6) is 0 Å². The van der Waals surface area contributed by atoms with Crippen molar-refractivity contribution in [1.29, 1.82) is 5.26 Å². The van der Waals surface area contributed by atoms with Gasteiger partial charge in [0.05, 0.1) is 6.07 Å². The van der Waals surface area contributed by atoms with Crippen LogP contribution in [0, 0.1) is 17.2 Å². The first kappa shape index (κ1) is 13.6. The van der Waals surface area contributed by atoms with E-state index >= 15 is 0 Å². The lowest BCUT2D eigenvalue weighted by Gasteiger charge is -2.14. The molecule has 0 aromatic heterocycles. The van der Waals surface area contributed by atoms with Crippen molar-refractivity contribution < 1.29 is 8.85 Å². The van der Waals surface area contributed by atoms with E-state index in [1.165, 1.54) is 0 Å². The molecule has 82 valence electrons. The molecule has 4 heteroatoms. The molecule has 0 amide bonds. The fourth-order valence-corrected chi connectivity index (χ4v) is 2.98. The largest absolute Gasteiger partial charge is 0.397 e. The molecule has 0 aromatic rings. The second-order valence-electron chi connectivity index (χ2n) is 3.30. The summed E-state index contributed by atoms with van der Waals surface area (Å²) in [6, 6.07) is 3.26. The van der Waals surface area contributed by atoms with Crippen molar-refractivity contribution in [2.24, 2.45) is 5.92 Å². The minimum atomic E-state index is -1.41. The van der Waals surface area contributed by atoms with Crippen molar-refractivity contribution in [2.45, 2.75) is 39.7 Å². The summed E-state index contributed by atoms with van der Waals surface area (Å²) >= 11 is 0. The van der Waals surface area contributed by atoms with E-state index in [4.69, 9.17) is 14.1 Å². The molecule has 0 heterocycles. The molecule has 0 radical (unpaired) electrons. The molecule has 1 unspecified atom stereocenters. The van der Waals surface area contributed by atoms with Crippen LogP contribution in [0.25, 0.3) is 0 Å². The molecule has 0 spiro atoms. The second kappa shape index (κ2) is 9.19. The van der Waals surface area contributed by atoms with Gasteiger partial charge < -0.3 is 8.85 Å². The lowest BCUT2D eigenvalue weighted by molar-refractivity contribution is 0.212. The van der Waals surface area contributed by atoms with Crippen LogP contribution in [0.2, 0.25) is 6.04 Å². The Morgan fingerprint density at radius 2 is 1.86 bits per heavy atom. The Hall–Kier alpha value is -0.373. The van der Waals surface area contributed by atoms with Crippen LogP contribution in [0.15, 0.2) is 0 Å². The van der Waals surface area contributed by atoms with Crippen molar-refractivity contribution in [3.63, 3.8) is 0 Å². The molecule has 0 N–H and O–H groups in total. The summed E-state index contributed by atoms with van der Waals surface area (Å²) < 4.78 is 11.1. The maximum absolute atomic E-state index is 8.61. The smallest absolute Gasteiger partial charge is 0.321 e. The van der Waals surface area contributed by atoms with Gasteiger partial charge in [-0.1, -0.05) is 6.42 Å². The third kappa shape index (κ3) is 7.07. The van der Waals surface area contributed by atoms with Crippen molar-refractivity contribution in [3.8, 4) is 6.07 Å². The SMILES string of the molecule is CCO[SiH](CCCC(C)C#N)OCC. The standard InChI is InChI=1S/C10H21NO2Si/c1-4-12-14(13-5-2)8-6-7-10(3)9-11/h10,14H,4-8H2,1-3H3. The van der Waals surface area contributed by atoms with Crippen molar-refractivity contribution in [3.05, 3.63) is 0 Å². The first-order chi connectivity index (χ1) is 6.74. The van der Waals surface area contributed by atoms with Gasteiger partial charge in [0.2, 0.25) is 0 Å². The average molecular weight is 215 g/mol. The highest BCUT2D eigenvalue weighted by molar-refractivity contribution is 6.44. The molecular formula is C10H21NO2Si. The Kier molecular flexibility index (Phi) is 8.95. The van der Waals surface area contributed by atoms with E-state index in [2.05, 4.69) is 6.07 Å². The molecule has 0 saturated heterocycles. The minimum absolute atomic E-state index is 0.160. The summed E-state index contributed by atoms with van der Waals surface area (Å²) in [4.78, 5) is 0. The first-order valence-electron chi connectivity index (χ1n) is 5.37. The molecule has 0 fully saturated rings. The summed E-state index contributed by atoms with van der Waals surface area (Å²) in [7, 11) is -1.41. The van der Waals surface area contributed by atoms with Crippen LogP contribution in [-0.4, -0.2) is 22.5 Å². The summed E-state index contributed by atoms with van der Waals surface area (Å²) in [6.07, 6.45) is 2.01. The zero-order valence-electron chi connectivity index (χ0n) is 9.45. The van der Waals surface area contributed by atoms with Gasteiger partial charge >= 0.3 is 9.28 Å². The molecular weight excluding hydrogens is 194 g/mol. The molecule has 0 aliphatic carbocycles. The van der Waals surface area contributed by atoms with Gasteiger partial charge in [0.25, 0.3) is 0 Å². The summed E-state index contributed by atoms with van der Waals surface area (Å²) in [6.45, 7) is 7.43. The van der Waals surface area contributed by atoms with Crippen LogP contribution >= 0.6 is 0 Å². The van der Waals surface area contributed by atoms with E-state index in [0.29, 0.717) is 0 Å². The highest BCUT2D eigenvalue weighted by Gasteiger charge is 2.12. The van der Waals surface area contributed by atoms with E-state index in [1.54, 1.807) is 0 Å². The summed E-state index contributed by atoms with van der Waals surface area (Å²) in [5.74, 6) is 0.160. The normalized spacial score (nSPS) is 12.8. The van der Waals surface area contributed by atoms with Crippen LogP contribution in [0.3, 0.4) is 0 Å². The van der Waals surface area contributed by atoms with Crippen LogP contribution in [0.1, 0.15) is 33.6 Å². The Morgan fingerprint density at radius 1 is 1.29 bits per heavy atom. The number of hydrogen-bond donors (Lipinski definition) is 0. The average Bonchev–Trinajstić information content (AvgIpc) is 2.18. The van der Waals surface area contributed by atoms with Gasteiger partial charge in [-0.3, -0.25) is 0 Å². The number of nitriles is 1. The molecule has 1 atom stereocenters. The van der Waals surface area contributed by atoms with E-state index in [0.717, 1.165) is 32.1 Å².